The summed E-state index contributed by atoms with van der Waals surface area (Å²) >= 11 is 1.42. The molecule has 0 saturated carbocycles. The zero-order chi connectivity index (χ0) is 17.6. The van der Waals surface area contributed by atoms with Crippen LogP contribution in [-0.4, -0.2) is 39.1 Å². The minimum Gasteiger partial charge on any atom is -0.376 e. The Bertz CT molecular complexity index is 696. The molecular formula is C18H24N4O2S. The molecule has 7 heteroatoms. The van der Waals surface area contributed by atoms with Crippen molar-refractivity contribution in [2.45, 2.75) is 50.4 Å². The molecule has 0 bridgehead atoms. The van der Waals surface area contributed by atoms with Crippen molar-refractivity contribution in [2.75, 3.05) is 17.7 Å². The first-order chi connectivity index (χ1) is 12.1. The van der Waals surface area contributed by atoms with Gasteiger partial charge in [0, 0.05) is 18.2 Å². The summed E-state index contributed by atoms with van der Waals surface area (Å²) in [5.41, 5.74) is 0.803. The van der Waals surface area contributed by atoms with Crippen LogP contribution in [0, 0.1) is 0 Å². The fraction of sp³-hybridized carbons (Fsp3) is 0.500. The lowest BCUT2D eigenvalue weighted by Gasteiger charge is -2.15. The van der Waals surface area contributed by atoms with Crippen LogP contribution in [-0.2, 0) is 16.1 Å². The monoisotopic (exact) mass is 360 g/mol. The molecule has 1 aromatic heterocycles. The van der Waals surface area contributed by atoms with Crippen molar-refractivity contribution in [3.63, 3.8) is 0 Å². The Balaban J connectivity index is 1.63. The van der Waals surface area contributed by atoms with Crippen LogP contribution in [0.3, 0.4) is 0 Å². The summed E-state index contributed by atoms with van der Waals surface area (Å²) in [6.07, 6.45) is 2.38. The Labute approximate surface area is 152 Å². The molecule has 1 unspecified atom stereocenters. The highest BCUT2D eigenvalue weighted by molar-refractivity contribution is 7.99. The number of hydrogen-bond donors (Lipinski definition) is 1. The van der Waals surface area contributed by atoms with Gasteiger partial charge in [0.15, 0.2) is 5.16 Å². The number of benzene rings is 1. The quantitative estimate of drug-likeness (QED) is 0.767. The Kier molecular flexibility index (Phi) is 6.09. The molecule has 1 saturated heterocycles. The molecule has 0 spiro atoms. The van der Waals surface area contributed by atoms with Crippen molar-refractivity contribution in [3.05, 3.63) is 36.2 Å². The van der Waals surface area contributed by atoms with E-state index in [0.29, 0.717) is 5.75 Å². The average Bonchev–Trinajstić information content (AvgIpc) is 3.24. The maximum Gasteiger partial charge on any atom is 0.234 e. The number of aromatic nitrogens is 3. The largest absolute Gasteiger partial charge is 0.376 e. The van der Waals surface area contributed by atoms with E-state index in [1.54, 1.807) is 0 Å². The summed E-state index contributed by atoms with van der Waals surface area (Å²) in [5, 5.41) is 12.3. The van der Waals surface area contributed by atoms with Crippen molar-refractivity contribution in [3.8, 4) is 0 Å². The van der Waals surface area contributed by atoms with Gasteiger partial charge in [-0.05, 0) is 25.0 Å². The first-order valence-electron chi connectivity index (χ1n) is 8.66. The summed E-state index contributed by atoms with van der Waals surface area (Å²) in [4.78, 5) is 12.2. The Hall–Kier alpha value is -1.86. The lowest BCUT2D eigenvalue weighted by atomic mass is 10.2. The number of ether oxygens (including phenoxy) is 1. The van der Waals surface area contributed by atoms with Crippen molar-refractivity contribution in [1.29, 1.82) is 0 Å². The van der Waals surface area contributed by atoms with Crippen LogP contribution in [0.5, 0.6) is 0 Å². The van der Waals surface area contributed by atoms with Crippen LogP contribution in [0.2, 0.25) is 0 Å². The molecule has 3 rings (SSSR count). The number of hydrogen-bond acceptors (Lipinski definition) is 5. The van der Waals surface area contributed by atoms with E-state index in [4.69, 9.17) is 4.74 Å². The van der Waals surface area contributed by atoms with Gasteiger partial charge in [0.2, 0.25) is 5.91 Å². The maximum absolute atomic E-state index is 12.2. The van der Waals surface area contributed by atoms with Crippen LogP contribution < -0.4 is 5.32 Å². The highest BCUT2D eigenvalue weighted by Gasteiger charge is 2.22. The van der Waals surface area contributed by atoms with E-state index < -0.39 is 0 Å². The van der Waals surface area contributed by atoms with Crippen LogP contribution in [0.15, 0.2) is 35.5 Å². The fourth-order valence-corrected chi connectivity index (χ4v) is 3.60. The van der Waals surface area contributed by atoms with Gasteiger partial charge in [-0.2, -0.15) is 0 Å². The van der Waals surface area contributed by atoms with Gasteiger partial charge >= 0.3 is 0 Å². The molecule has 2 heterocycles. The molecule has 1 aliphatic heterocycles. The van der Waals surface area contributed by atoms with Crippen LogP contribution >= 0.6 is 11.8 Å². The molecule has 0 radical (unpaired) electrons. The van der Waals surface area contributed by atoms with E-state index in [1.807, 2.05) is 30.3 Å². The Morgan fingerprint density at radius 1 is 1.36 bits per heavy atom. The molecule has 1 N–H and O–H groups in total. The van der Waals surface area contributed by atoms with Crippen LogP contribution in [0.25, 0.3) is 0 Å². The van der Waals surface area contributed by atoms with Crippen LogP contribution in [0.1, 0.15) is 38.4 Å². The summed E-state index contributed by atoms with van der Waals surface area (Å²) in [5.74, 6) is 1.48. The van der Waals surface area contributed by atoms with Gasteiger partial charge < -0.3 is 14.6 Å². The number of nitrogens with one attached hydrogen (secondary N) is 1. The van der Waals surface area contributed by atoms with Crippen molar-refractivity contribution in [1.82, 2.24) is 14.8 Å². The van der Waals surface area contributed by atoms with E-state index >= 15 is 0 Å². The third-order valence-corrected chi connectivity index (χ3v) is 5.03. The normalized spacial score (nSPS) is 17.2. The molecule has 1 fully saturated rings. The predicted molar refractivity (Wildman–Crippen MR) is 98.9 cm³/mol. The van der Waals surface area contributed by atoms with E-state index in [1.165, 1.54) is 11.8 Å². The second-order valence-corrected chi connectivity index (χ2v) is 7.39. The topological polar surface area (TPSA) is 69.0 Å². The number of amides is 1. The summed E-state index contributed by atoms with van der Waals surface area (Å²) in [6, 6.07) is 9.47. The van der Waals surface area contributed by atoms with Gasteiger partial charge in [-0.3, -0.25) is 4.79 Å². The number of carbonyl (C=O) groups is 1. The highest BCUT2D eigenvalue weighted by Crippen LogP contribution is 2.24. The molecule has 0 aliphatic carbocycles. The first-order valence-corrected chi connectivity index (χ1v) is 9.64. The summed E-state index contributed by atoms with van der Waals surface area (Å²) < 4.78 is 7.87. The van der Waals surface area contributed by atoms with E-state index in [0.717, 1.165) is 42.7 Å². The van der Waals surface area contributed by atoms with E-state index in [-0.39, 0.29) is 17.9 Å². The van der Waals surface area contributed by atoms with Gasteiger partial charge in [0.05, 0.1) is 18.4 Å². The first kappa shape index (κ1) is 17.9. The summed E-state index contributed by atoms with van der Waals surface area (Å²) in [6.45, 7) is 5.79. The third kappa shape index (κ3) is 4.83. The van der Waals surface area contributed by atoms with Gasteiger partial charge in [0.25, 0.3) is 0 Å². The Morgan fingerprint density at radius 3 is 2.84 bits per heavy atom. The maximum atomic E-state index is 12.2. The predicted octanol–water partition coefficient (Wildman–Crippen LogP) is 3.31. The van der Waals surface area contributed by atoms with Crippen molar-refractivity contribution >= 4 is 23.4 Å². The minimum absolute atomic E-state index is 0.0473. The lowest BCUT2D eigenvalue weighted by Crippen LogP contribution is -2.19. The van der Waals surface area contributed by atoms with Crippen molar-refractivity contribution < 1.29 is 9.53 Å². The molecule has 1 aliphatic rings. The van der Waals surface area contributed by atoms with Gasteiger partial charge in [0.1, 0.15) is 5.82 Å². The van der Waals surface area contributed by atoms with Crippen molar-refractivity contribution in [2.24, 2.45) is 0 Å². The van der Waals surface area contributed by atoms with Gasteiger partial charge in [-0.15, -0.1) is 10.2 Å². The third-order valence-electron chi connectivity index (χ3n) is 4.06. The minimum atomic E-state index is -0.0473. The van der Waals surface area contributed by atoms with E-state index in [2.05, 4.69) is 33.9 Å². The number of thioether (sulfide) groups is 1. The zero-order valence-corrected chi connectivity index (χ0v) is 15.5. The number of anilines is 1. The molecule has 25 heavy (non-hydrogen) atoms. The fourth-order valence-electron chi connectivity index (χ4n) is 2.85. The molecule has 1 atom stereocenters. The molecule has 134 valence electrons. The number of nitrogens with zero attached hydrogens (tertiary/aromatic N) is 3. The van der Waals surface area contributed by atoms with Crippen LogP contribution in [0.4, 0.5) is 5.69 Å². The standard InChI is InChI=1S/C18H24N4O2S/c1-13(2)17-20-21-18(22(17)11-15-9-6-10-24-15)25-12-16(23)19-14-7-4-3-5-8-14/h3-5,7-8,13,15H,6,9-12H2,1-2H3,(H,19,23). The smallest absolute Gasteiger partial charge is 0.234 e. The van der Waals surface area contributed by atoms with E-state index in [9.17, 15) is 4.79 Å². The average molecular weight is 360 g/mol. The molecule has 1 aromatic carbocycles. The molecule has 2 aromatic rings. The van der Waals surface area contributed by atoms with Gasteiger partial charge in [-0.25, -0.2) is 0 Å². The highest BCUT2D eigenvalue weighted by atomic mass is 32.2. The summed E-state index contributed by atoms with van der Waals surface area (Å²) in [7, 11) is 0. The number of carbonyl (C=O) groups excluding carboxylic acids is 1. The Morgan fingerprint density at radius 2 is 2.16 bits per heavy atom. The molecule has 1 amide bonds. The zero-order valence-electron chi connectivity index (χ0n) is 14.6. The number of para-hydroxylation sites is 1. The second kappa shape index (κ2) is 8.49. The molecule has 6 nitrogen and oxygen atoms in total. The molecular weight excluding hydrogens is 336 g/mol. The van der Waals surface area contributed by atoms with Gasteiger partial charge in [-0.1, -0.05) is 43.8 Å². The number of rotatable bonds is 7. The SMILES string of the molecule is CC(C)c1nnc(SCC(=O)Nc2ccccc2)n1CC1CCCO1. The second-order valence-electron chi connectivity index (χ2n) is 6.44. The lowest BCUT2D eigenvalue weighted by molar-refractivity contribution is -0.113.